The molecule has 0 radical (unpaired) electrons. The third kappa shape index (κ3) is 3.77. The van der Waals surface area contributed by atoms with Crippen molar-refractivity contribution in [3.63, 3.8) is 0 Å². The predicted molar refractivity (Wildman–Crippen MR) is 89.9 cm³/mol. The summed E-state index contributed by atoms with van der Waals surface area (Å²) in [6.07, 6.45) is 6.91. The molecule has 1 aliphatic carbocycles. The minimum Gasteiger partial charge on any atom is -0.399 e. The van der Waals surface area contributed by atoms with Crippen LogP contribution in [0.5, 0.6) is 0 Å². The van der Waals surface area contributed by atoms with Crippen LogP contribution in [-0.4, -0.2) is 10.9 Å². The highest BCUT2D eigenvalue weighted by Gasteiger charge is 2.21. The molecule has 1 heterocycles. The first kappa shape index (κ1) is 16.3. The Hall–Kier alpha value is -2.07. The van der Waals surface area contributed by atoms with Gasteiger partial charge in [-0.05, 0) is 54.2 Å². The molecule has 2 aromatic rings. The summed E-state index contributed by atoms with van der Waals surface area (Å²) in [7, 11) is 0. The number of carbonyl (C=O) groups is 1. The molecule has 0 fully saturated rings. The zero-order chi connectivity index (χ0) is 14.7. The molecule has 3 rings (SSSR count). The number of fused-ring (bicyclic) bond motifs is 1. The van der Waals surface area contributed by atoms with E-state index in [9.17, 15) is 4.79 Å². The summed E-state index contributed by atoms with van der Waals surface area (Å²) < 4.78 is 0. The summed E-state index contributed by atoms with van der Waals surface area (Å²) in [5.74, 6) is 0.0395. The third-order valence-corrected chi connectivity index (χ3v) is 3.90. The molecule has 0 bridgehead atoms. The number of aromatic nitrogens is 1. The van der Waals surface area contributed by atoms with Gasteiger partial charge in [0.15, 0.2) is 0 Å². The van der Waals surface area contributed by atoms with E-state index >= 15 is 0 Å². The van der Waals surface area contributed by atoms with Gasteiger partial charge in [0.2, 0.25) is 5.91 Å². The number of amides is 1. The van der Waals surface area contributed by atoms with Gasteiger partial charge >= 0.3 is 0 Å². The van der Waals surface area contributed by atoms with E-state index in [-0.39, 0.29) is 24.4 Å². The number of nitrogen functional groups attached to an aromatic ring is 1. The number of nitrogens with zero attached hydrogens (tertiary/aromatic N) is 1. The minimum absolute atomic E-state index is 0. The normalized spacial score (nSPS) is 16.3. The molecule has 116 valence electrons. The fourth-order valence-electron chi connectivity index (χ4n) is 2.92. The molecule has 1 aromatic carbocycles. The van der Waals surface area contributed by atoms with Crippen molar-refractivity contribution < 1.29 is 4.79 Å². The molecule has 1 atom stereocenters. The Morgan fingerprint density at radius 2 is 2.23 bits per heavy atom. The van der Waals surface area contributed by atoms with E-state index in [0.717, 1.165) is 30.5 Å². The first-order valence-corrected chi connectivity index (χ1v) is 7.29. The number of benzene rings is 1. The molecule has 22 heavy (non-hydrogen) atoms. The first-order valence-electron chi connectivity index (χ1n) is 7.29. The predicted octanol–water partition coefficient (Wildman–Crippen LogP) is 2.82. The smallest absolute Gasteiger partial charge is 0.224 e. The summed E-state index contributed by atoms with van der Waals surface area (Å²) in [5, 5.41) is 3.14. The quantitative estimate of drug-likeness (QED) is 0.855. The maximum absolute atomic E-state index is 12.2. The largest absolute Gasteiger partial charge is 0.399 e. The molecular weight excluding hydrogens is 298 g/mol. The summed E-state index contributed by atoms with van der Waals surface area (Å²) in [6, 6.07) is 9.83. The number of aryl methyl sites for hydroxylation is 1. The second-order valence-electron chi connectivity index (χ2n) is 5.51. The van der Waals surface area contributed by atoms with Crippen LogP contribution in [0.15, 0.2) is 42.7 Å². The molecule has 3 N–H and O–H groups in total. The lowest BCUT2D eigenvalue weighted by Gasteiger charge is -2.26. The van der Waals surface area contributed by atoms with E-state index in [1.54, 1.807) is 12.4 Å². The fourth-order valence-corrected chi connectivity index (χ4v) is 2.92. The van der Waals surface area contributed by atoms with Crippen molar-refractivity contribution in [2.75, 3.05) is 5.73 Å². The maximum Gasteiger partial charge on any atom is 0.224 e. The molecule has 1 unspecified atom stereocenters. The van der Waals surface area contributed by atoms with E-state index in [1.807, 2.05) is 30.3 Å². The maximum atomic E-state index is 12.2. The van der Waals surface area contributed by atoms with Crippen LogP contribution in [0, 0.1) is 0 Å². The SMILES string of the molecule is Cl.Nc1ccc2c(c1)CCCC2NC(=O)Cc1cccnc1. The Bertz CT molecular complexity index is 646. The summed E-state index contributed by atoms with van der Waals surface area (Å²) in [4.78, 5) is 16.2. The Balaban J connectivity index is 0.00000176. The Morgan fingerprint density at radius 1 is 1.36 bits per heavy atom. The van der Waals surface area contributed by atoms with Crippen molar-refractivity contribution >= 4 is 24.0 Å². The monoisotopic (exact) mass is 317 g/mol. The van der Waals surface area contributed by atoms with Crippen molar-refractivity contribution in [2.45, 2.75) is 31.7 Å². The standard InChI is InChI=1S/C17H19N3O.ClH/c18-14-6-7-15-13(10-14)4-1-5-16(15)20-17(21)9-12-3-2-8-19-11-12;/h2-3,6-8,10-11,16H,1,4-5,9,18H2,(H,20,21);1H. The van der Waals surface area contributed by atoms with Crippen LogP contribution in [0.4, 0.5) is 5.69 Å². The highest BCUT2D eigenvalue weighted by molar-refractivity contribution is 5.85. The van der Waals surface area contributed by atoms with Gasteiger partial charge in [-0.3, -0.25) is 9.78 Å². The molecule has 4 nitrogen and oxygen atoms in total. The lowest BCUT2D eigenvalue weighted by Crippen LogP contribution is -2.32. The highest BCUT2D eigenvalue weighted by Crippen LogP contribution is 2.30. The van der Waals surface area contributed by atoms with E-state index in [0.29, 0.717) is 6.42 Å². The van der Waals surface area contributed by atoms with Gasteiger partial charge in [-0.25, -0.2) is 0 Å². The van der Waals surface area contributed by atoms with Crippen molar-refractivity contribution in [1.82, 2.24) is 10.3 Å². The molecule has 1 amide bonds. The van der Waals surface area contributed by atoms with E-state index in [4.69, 9.17) is 5.73 Å². The van der Waals surface area contributed by atoms with Gasteiger partial charge in [0.1, 0.15) is 0 Å². The number of hydrogen-bond donors (Lipinski definition) is 2. The molecule has 0 aliphatic heterocycles. The van der Waals surface area contributed by atoms with Crippen LogP contribution in [-0.2, 0) is 17.6 Å². The zero-order valence-corrected chi connectivity index (χ0v) is 13.1. The second-order valence-corrected chi connectivity index (χ2v) is 5.51. The molecular formula is C17H20ClN3O. The van der Waals surface area contributed by atoms with Gasteiger partial charge in [-0.1, -0.05) is 12.1 Å². The average molecular weight is 318 g/mol. The van der Waals surface area contributed by atoms with Crippen LogP contribution in [0.3, 0.4) is 0 Å². The topological polar surface area (TPSA) is 68.0 Å². The Kier molecular flexibility index (Phi) is 5.39. The lowest BCUT2D eigenvalue weighted by molar-refractivity contribution is -0.121. The van der Waals surface area contributed by atoms with E-state index in [2.05, 4.69) is 10.3 Å². The van der Waals surface area contributed by atoms with Gasteiger partial charge in [-0.2, -0.15) is 0 Å². The second kappa shape index (κ2) is 7.27. The summed E-state index contributed by atoms with van der Waals surface area (Å²) in [6.45, 7) is 0. The number of hydrogen-bond acceptors (Lipinski definition) is 3. The van der Waals surface area contributed by atoms with Gasteiger partial charge in [0, 0.05) is 18.1 Å². The zero-order valence-electron chi connectivity index (χ0n) is 12.3. The van der Waals surface area contributed by atoms with Crippen molar-refractivity contribution in [3.05, 3.63) is 59.4 Å². The number of halogens is 1. The number of rotatable bonds is 3. The van der Waals surface area contributed by atoms with Crippen molar-refractivity contribution in [3.8, 4) is 0 Å². The van der Waals surface area contributed by atoms with Crippen LogP contribution in [0.1, 0.15) is 35.6 Å². The fraction of sp³-hybridized carbons (Fsp3) is 0.294. The van der Waals surface area contributed by atoms with Crippen molar-refractivity contribution in [1.29, 1.82) is 0 Å². The molecule has 0 saturated carbocycles. The molecule has 0 spiro atoms. The van der Waals surface area contributed by atoms with Gasteiger partial charge in [0.05, 0.1) is 12.5 Å². The minimum atomic E-state index is 0. The number of pyridine rings is 1. The van der Waals surface area contributed by atoms with E-state index < -0.39 is 0 Å². The molecule has 1 aromatic heterocycles. The Morgan fingerprint density at radius 3 is 3.00 bits per heavy atom. The Labute approximate surface area is 136 Å². The summed E-state index contributed by atoms with van der Waals surface area (Å²) in [5.41, 5.74) is 10.0. The third-order valence-electron chi connectivity index (χ3n) is 3.90. The first-order chi connectivity index (χ1) is 10.2. The van der Waals surface area contributed by atoms with Crippen LogP contribution < -0.4 is 11.1 Å². The van der Waals surface area contributed by atoms with Gasteiger partial charge < -0.3 is 11.1 Å². The number of nitrogens with one attached hydrogen (secondary N) is 1. The summed E-state index contributed by atoms with van der Waals surface area (Å²) >= 11 is 0. The number of anilines is 1. The van der Waals surface area contributed by atoms with Crippen LogP contribution in [0.25, 0.3) is 0 Å². The van der Waals surface area contributed by atoms with Gasteiger partial charge in [0.25, 0.3) is 0 Å². The van der Waals surface area contributed by atoms with Crippen LogP contribution >= 0.6 is 12.4 Å². The molecule has 1 aliphatic rings. The van der Waals surface area contributed by atoms with Crippen molar-refractivity contribution in [2.24, 2.45) is 0 Å². The lowest BCUT2D eigenvalue weighted by atomic mass is 9.87. The number of carbonyl (C=O) groups excluding carboxylic acids is 1. The number of nitrogens with two attached hydrogens (primary N) is 1. The molecule has 5 heteroatoms. The average Bonchev–Trinajstić information content (AvgIpc) is 2.48. The molecule has 0 saturated heterocycles. The van der Waals surface area contributed by atoms with Gasteiger partial charge in [-0.15, -0.1) is 12.4 Å². The highest BCUT2D eigenvalue weighted by atomic mass is 35.5. The van der Waals surface area contributed by atoms with E-state index in [1.165, 1.54) is 11.1 Å². The van der Waals surface area contributed by atoms with Crippen LogP contribution in [0.2, 0.25) is 0 Å².